The lowest BCUT2D eigenvalue weighted by atomic mass is 10.1. The molecule has 0 saturated heterocycles. The predicted molar refractivity (Wildman–Crippen MR) is 139 cm³/mol. The topological polar surface area (TPSA) is 50.5 Å². The quantitative estimate of drug-likeness (QED) is 0.234. The van der Waals surface area contributed by atoms with Gasteiger partial charge in [-0.2, -0.15) is 5.10 Å². The highest BCUT2D eigenvalue weighted by Gasteiger charge is 2.19. The highest BCUT2D eigenvalue weighted by Crippen LogP contribution is 2.31. The highest BCUT2D eigenvalue weighted by molar-refractivity contribution is 7.12. The van der Waals surface area contributed by atoms with Gasteiger partial charge in [0.2, 0.25) is 5.78 Å². The molecule has 0 bridgehead atoms. The number of benzene rings is 2. The van der Waals surface area contributed by atoms with Crippen molar-refractivity contribution in [1.82, 2.24) is 14.6 Å². The van der Waals surface area contributed by atoms with Crippen LogP contribution in [0, 0.1) is 5.92 Å². The molecule has 0 N–H and O–H groups in total. The first-order valence-electron chi connectivity index (χ1n) is 11.5. The second-order valence-corrected chi connectivity index (χ2v) is 9.60. The van der Waals surface area contributed by atoms with Crippen LogP contribution in [0.5, 0.6) is 0 Å². The van der Waals surface area contributed by atoms with Crippen LogP contribution in [0.1, 0.15) is 35.5 Å². The summed E-state index contributed by atoms with van der Waals surface area (Å²) in [4.78, 5) is 20.5. The summed E-state index contributed by atoms with van der Waals surface area (Å²) in [6.45, 7) is 5.43. The van der Waals surface area contributed by atoms with Crippen molar-refractivity contribution in [2.24, 2.45) is 5.92 Å². The molecule has 0 unspecified atom stereocenters. The van der Waals surface area contributed by atoms with Crippen LogP contribution in [0.3, 0.4) is 0 Å². The number of hydrogen-bond donors (Lipinski definition) is 0. The van der Waals surface area contributed by atoms with Crippen LogP contribution in [0.2, 0.25) is 0 Å². The fraction of sp³-hybridized carbons (Fsp3) is 0.179. The predicted octanol–water partition coefficient (Wildman–Crippen LogP) is 6.87. The second kappa shape index (κ2) is 9.61. The molecular formula is C28H26N4OS. The largest absolute Gasteiger partial charge is 0.341 e. The number of ketones is 1. The minimum atomic E-state index is -0.0488. The van der Waals surface area contributed by atoms with E-state index in [1.165, 1.54) is 17.0 Å². The average molecular weight is 467 g/mol. The number of para-hydroxylation sites is 1. The summed E-state index contributed by atoms with van der Waals surface area (Å²) in [6, 6.07) is 24.6. The van der Waals surface area contributed by atoms with E-state index in [2.05, 4.69) is 77.4 Å². The van der Waals surface area contributed by atoms with Gasteiger partial charge in [-0.25, -0.2) is 9.50 Å². The van der Waals surface area contributed by atoms with Crippen molar-refractivity contribution in [3.8, 4) is 11.3 Å². The summed E-state index contributed by atoms with van der Waals surface area (Å²) in [5.41, 5.74) is 5.30. The Morgan fingerprint density at radius 1 is 1.00 bits per heavy atom. The monoisotopic (exact) mass is 466 g/mol. The summed E-state index contributed by atoms with van der Waals surface area (Å²) in [5, 5.41) is 6.45. The third-order valence-corrected chi connectivity index (χ3v) is 6.71. The van der Waals surface area contributed by atoms with Crippen molar-refractivity contribution in [2.45, 2.75) is 20.3 Å². The van der Waals surface area contributed by atoms with Gasteiger partial charge in [-0.05, 0) is 54.1 Å². The molecule has 0 radical (unpaired) electrons. The molecule has 170 valence electrons. The minimum absolute atomic E-state index is 0.0488. The van der Waals surface area contributed by atoms with Crippen LogP contribution >= 0.6 is 11.3 Å². The lowest BCUT2D eigenvalue weighted by molar-refractivity contribution is 0.104. The van der Waals surface area contributed by atoms with Gasteiger partial charge in [-0.1, -0.05) is 50.2 Å². The smallest absolute Gasteiger partial charge is 0.208 e. The molecule has 0 amide bonds. The van der Waals surface area contributed by atoms with E-state index >= 15 is 0 Å². The van der Waals surface area contributed by atoms with E-state index in [4.69, 9.17) is 0 Å². The molecule has 0 spiro atoms. The Bertz CT molecular complexity index is 1410. The van der Waals surface area contributed by atoms with Crippen LogP contribution in [-0.2, 0) is 0 Å². The van der Waals surface area contributed by atoms with Crippen LogP contribution in [0.15, 0.2) is 90.6 Å². The normalized spacial score (nSPS) is 11.3. The van der Waals surface area contributed by atoms with E-state index in [0.29, 0.717) is 22.0 Å². The van der Waals surface area contributed by atoms with Crippen LogP contribution in [0.4, 0.5) is 11.4 Å². The van der Waals surface area contributed by atoms with Crippen LogP contribution in [0.25, 0.3) is 16.9 Å². The van der Waals surface area contributed by atoms with Gasteiger partial charge in [0.05, 0.1) is 22.3 Å². The number of rotatable bonds is 8. The Morgan fingerprint density at radius 3 is 2.59 bits per heavy atom. The molecule has 6 heteroatoms. The minimum Gasteiger partial charge on any atom is -0.341 e. The van der Waals surface area contributed by atoms with Crippen LogP contribution in [-0.4, -0.2) is 26.9 Å². The molecule has 3 aromatic heterocycles. The fourth-order valence-electron chi connectivity index (χ4n) is 4.05. The number of aromatic nitrogens is 3. The van der Waals surface area contributed by atoms with Crippen molar-refractivity contribution in [1.29, 1.82) is 0 Å². The number of carbonyl (C=O) groups is 1. The van der Waals surface area contributed by atoms with E-state index in [1.54, 1.807) is 16.9 Å². The Morgan fingerprint density at radius 2 is 1.82 bits per heavy atom. The Balaban J connectivity index is 1.55. The van der Waals surface area contributed by atoms with Crippen molar-refractivity contribution in [3.63, 3.8) is 0 Å². The van der Waals surface area contributed by atoms with Gasteiger partial charge in [0, 0.05) is 29.7 Å². The first kappa shape index (κ1) is 22.0. The molecule has 0 atom stereocenters. The zero-order chi connectivity index (χ0) is 23.5. The molecule has 5 rings (SSSR count). The maximum atomic E-state index is 13.0. The number of nitrogens with zero attached hydrogens (tertiary/aromatic N) is 4. The van der Waals surface area contributed by atoms with E-state index in [9.17, 15) is 4.79 Å². The standard InChI is InChI=1S/C28H26N4OS/c1-20(2)14-16-31(22-9-4-3-5-10-22)23-11-6-8-21(18-23)25-13-15-29-28-24(19-30-32(25)28)27(33)26-12-7-17-34-26/h3-13,15,17-20H,14,16H2,1-2H3. The van der Waals surface area contributed by atoms with Gasteiger partial charge in [0.25, 0.3) is 0 Å². The molecule has 0 aliphatic carbocycles. The Hall–Kier alpha value is -3.77. The van der Waals surface area contributed by atoms with Gasteiger partial charge in [-0.15, -0.1) is 11.3 Å². The molecule has 2 aromatic carbocycles. The number of anilines is 2. The molecule has 0 aliphatic heterocycles. The molecule has 5 nitrogen and oxygen atoms in total. The van der Waals surface area contributed by atoms with Crippen molar-refractivity contribution >= 4 is 34.1 Å². The highest BCUT2D eigenvalue weighted by atomic mass is 32.1. The summed E-state index contributed by atoms with van der Waals surface area (Å²) < 4.78 is 1.76. The zero-order valence-corrected chi connectivity index (χ0v) is 20.1. The molecule has 0 saturated carbocycles. The third kappa shape index (κ3) is 4.37. The summed E-state index contributed by atoms with van der Waals surface area (Å²) in [7, 11) is 0. The third-order valence-electron chi connectivity index (χ3n) is 5.84. The van der Waals surface area contributed by atoms with Gasteiger partial charge in [0.15, 0.2) is 5.65 Å². The summed E-state index contributed by atoms with van der Waals surface area (Å²) in [5.74, 6) is 0.560. The Labute approximate surface area is 203 Å². The average Bonchev–Trinajstić information content (AvgIpc) is 3.55. The first-order chi connectivity index (χ1) is 16.6. The van der Waals surface area contributed by atoms with E-state index in [0.717, 1.165) is 29.9 Å². The van der Waals surface area contributed by atoms with Crippen LogP contribution < -0.4 is 4.90 Å². The Kier molecular flexibility index (Phi) is 6.23. The molecular weight excluding hydrogens is 440 g/mol. The van der Waals surface area contributed by atoms with Gasteiger partial charge >= 0.3 is 0 Å². The van der Waals surface area contributed by atoms with E-state index in [1.807, 2.05) is 29.6 Å². The van der Waals surface area contributed by atoms with Crippen molar-refractivity contribution < 1.29 is 4.79 Å². The summed E-state index contributed by atoms with van der Waals surface area (Å²) >= 11 is 1.43. The maximum Gasteiger partial charge on any atom is 0.208 e. The second-order valence-electron chi connectivity index (χ2n) is 8.65. The lowest BCUT2D eigenvalue weighted by Gasteiger charge is -2.26. The first-order valence-corrected chi connectivity index (χ1v) is 12.3. The number of thiophene rings is 1. The number of carbonyl (C=O) groups excluding carboxylic acids is 1. The number of fused-ring (bicyclic) bond motifs is 1. The van der Waals surface area contributed by atoms with Gasteiger partial charge < -0.3 is 4.90 Å². The molecule has 5 aromatic rings. The van der Waals surface area contributed by atoms with E-state index < -0.39 is 0 Å². The van der Waals surface area contributed by atoms with Crippen molar-refractivity contribution in [3.05, 3.63) is 101 Å². The molecule has 3 heterocycles. The van der Waals surface area contributed by atoms with E-state index in [-0.39, 0.29) is 5.78 Å². The molecule has 34 heavy (non-hydrogen) atoms. The zero-order valence-electron chi connectivity index (χ0n) is 19.3. The fourth-order valence-corrected chi connectivity index (χ4v) is 4.72. The SMILES string of the molecule is CC(C)CCN(c1ccccc1)c1cccc(-c2ccnc3c(C(=O)c4cccs4)cnn23)c1. The van der Waals surface area contributed by atoms with Crippen molar-refractivity contribution in [2.75, 3.05) is 11.4 Å². The maximum absolute atomic E-state index is 13.0. The lowest BCUT2D eigenvalue weighted by Crippen LogP contribution is -2.19. The molecule has 0 fully saturated rings. The molecule has 0 aliphatic rings. The summed E-state index contributed by atoms with van der Waals surface area (Å²) in [6.07, 6.45) is 4.46. The van der Waals surface area contributed by atoms with Gasteiger partial charge in [0.1, 0.15) is 0 Å². The van der Waals surface area contributed by atoms with Gasteiger partial charge in [-0.3, -0.25) is 4.79 Å². The number of hydrogen-bond acceptors (Lipinski definition) is 5.